The van der Waals surface area contributed by atoms with Crippen LogP contribution in [-0.2, 0) is 20.1 Å². The summed E-state index contributed by atoms with van der Waals surface area (Å²) in [7, 11) is 0. The molecule has 0 amide bonds. The fraction of sp³-hybridized carbons (Fsp3) is 0.238. The molecule has 0 unspecified atom stereocenters. The van der Waals surface area contributed by atoms with Gasteiger partial charge in [0.15, 0.2) is 0 Å². The van der Waals surface area contributed by atoms with Gasteiger partial charge < -0.3 is 13.8 Å². The first-order valence-corrected chi connectivity index (χ1v) is 23.7. The normalized spacial score (nSPS) is 15.3. The molecular weight excluding hydrogens is 1030 g/mol. The van der Waals surface area contributed by atoms with E-state index in [1.165, 1.54) is 52.2 Å². The Labute approximate surface area is 425 Å². The molecule has 3 heterocycles. The number of hydrogen-bond donors (Lipinski definition) is 0. The van der Waals surface area contributed by atoms with Crippen LogP contribution in [0.2, 0.25) is 0 Å². The number of hydrogen-bond acceptors (Lipinski definition) is 4. The zero-order valence-electron chi connectivity index (χ0n) is 43.8. The number of pyridine rings is 1. The van der Waals surface area contributed by atoms with Crippen LogP contribution in [0.5, 0.6) is 0 Å². The summed E-state index contributed by atoms with van der Waals surface area (Å²) in [6.45, 7) is 11.6. The van der Waals surface area contributed by atoms with Gasteiger partial charge in [0.05, 0.1) is 11.1 Å². The second kappa shape index (κ2) is 19.9. The average Bonchev–Trinajstić information content (AvgIpc) is 3.99. The molecule has 7 aromatic carbocycles. The summed E-state index contributed by atoms with van der Waals surface area (Å²) in [5.41, 5.74) is 16.2. The van der Waals surface area contributed by atoms with E-state index in [0.717, 1.165) is 86.5 Å². The topological polar surface area (TPSA) is 52.1 Å². The van der Waals surface area contributed by atoms with E-state index in [9.17, 15) is 5.76 Å². The van der Waals surface area contributed by atoms with Crippen molar-refractivity contribution in [3.8, 4) is 56.1 Å². The summed E-state index contributed by atoms with van der Waals surface area (Å²) in [5, 5.41) is 2.07. The van der Waals surface area contributed by atoms with Crippen LogP contribution in [0.4, 0.5) is 4.39 Å². The third-order valence-electron chi connectivity index (χ3n) is 13.5. The van der Waals surface area contributed by atoms with Crippen LogP contribution in [0, 0.1) is 30.2 Å². The zero-order valence-corrected chi connectivity index (χ0v) is 42.2. The van der Waals surface area contributed by atoms with Crippen LogP contribution in [0.1, 0.15) is 113 Å². The maximum Gasteiger partial charge on any atom is 0.149 e. The predicted octanol–water partition coefficient (Wildman–Crippen LogP) is 18.1. The largest absolute Gasteiger partial charge is 0.500 e. The molecule has 6 heteroatoms. The fourth-order valence-electron chi connectivity index (χ4n) is 9.57. The second-order valence-corrected chi connectivity index (χ2v) is 19.5. The quantitative estimate of drug-likeness (QED) is 0.142. The number of fused-ring (bicyclic) bond motifs is 4. The molecule has 349 valence electrons. The molecule has 10 aromatic rings. The molecule has 1 radical (unpaired) electrons. The summed E-state index contributed by atoms with van der Waals surface area (Å²) >= 11 is 0. The van der Waals surface area contributed by atoms with Crippen LogP contribution in [0.15, 0.2) is 161 Å². The van der Waals surface area contributed by atoms with E-state index >= 15 is 0 Å². The summed E-state index contributed by atoms with van der Waals surface area (Å²) in [6, 6.07) is 54.0. The van der Waals surface area contributed by atoms with Gasteiger partial charge in [0.1, 0.15) is 17.1 Å². The Morgan fingerprint density at radius 2 is 1.43 bits per heavy atom. The number of para-hydroxylation sites is 1. The van der Waals surface area contributed by atoms with Gasteiger partial charge in [-0.25, -0.2) is 0 Å². The summed E-state index contributed by atoms with van der Waals surface area (Å²) < 4.78 is 57.0. The monoisotopic (exact) mass is 1090 g/mol. The summed E-state index contributed by atoms with van der Waals surface area (Å²) in [6.07, 6.45) is 5.33. The molecule has 69 heavy (non-hydrogen) atoms. The van der Waals surface area contributed by atoms with Crippen molar-refractivity contribution in [3.05, 3.63) is 192 Å². The fourth-order valence-corrected chi connectivity index (χ4v) is 9.57. The number of benzene rings is 7. The SMILES string of the molecule is [2H]C([2H])([2H])c1ccc(-c2[c-]cc(F)cc2)nc1.[2H]C1(c2ccc(-c3cc(C(C)C)c(-c4cccc5nc(-c6[c-]ccc7c6oc6cc(-c8ccccc8)ccc67)oc45)c(C(C)C)c3)cc2)CCC(C)(C)CC1.[Ir]. The number of halogens is 1. The first kappa shape index (κ1) is 42.6. The Morgan fingerprint density at radius 1 is 0.710 bits per heavy atom. The minimum absolute atomic E-state index is 0. The summed E-state index contributed by atoms with van der Waals surface area (Å²) in [5.74, 6) is 0.166. The van der Waals surface area contributed by atoms with E-state index in [0.29, 0.717) is 22.6 Å². The van der Waals surface area contributed by atoms with Crippen molar-refractivity contribution in [2.75, 3.05) is 0 Å². The smallest absolute Gasteiger partial charge is 0.149 e. The molecular formula is C63H57FIrN2O2-2. The van der Waals surface area contributed by atoms with Crippen molar-refractivity contribution in [2.45, 2.75) is 91.8 Å². The van der Waals surface area contributed by atoms with E-state index in [1.54, 1.807) is 12.1 Å². The number of oxazole rings is 1. The molecule has 1 saturated carbocycles. The van der Waals surface area contributed by atoms with Gasteiger partial charge in [0.2, 0.25) is 0 Å². The number of rotatable bonds is 8. The van der Waals surface area contributed by atoms with E-state index in [2.05, 4.69) is 156 Å². The number of aryl methyl sites for hydroxylation is 1. The van der Waals surface area contributed by atoms with Crippen molar-refractivity contribution in [1.29, 1.82) is 0 Å². The number of aromatic nitrogens is 2. The molecule has 0 atom stereocenters. The minimum Gasteiger partial charge on any atom is -0.500 e. The first-order chi connectivity index (χ1) is 34.4. The first-order valence-electron chi connectivity index (χ1n) is 25.7. The molecule has 0 spiro atoms. The Kier molecular flexibility index (Phi) is 12.3. The molecule has 0 bridgehead atoms. The molecule has 0 N–H and O–H groups in total. The van der Waals surface area contributed by atoms with Crippen molar-refractivity contribution >= 4 is 33.0 Å². The van der Waals surface area contributed by atoms with Gasteiger partial charge in [-0.1, -0.05) is 150 Å². The van der Waals surface area contributed by atoms with Crippen molar-refractivity contribution in [2.24, 2.45) is 5.41 Å². The third-order valence-corrected chi connectivity index (χ3v) is 13.5. The van der Waals surface area contributed by atoms with Crippen LogP contribution in [0.3, 0.4) is 0 Å². The van der Waals surface area contributed by atoms with Crippen molar-refractivity contribution < 1.29 is 38.8 Å². The Hall–Kier alpha value is -6.46. The molecule has 4 nitrogen and oxygen atoms in total. The van der Waals surface area contributed by atoms with Gasteiger partial charge in [0, 0.05) is 48.6 Å². The maximum absolute atomic E-state index is 12.7. The Bertz CT molecular complexity index is 3520. The second-order valence-electron chi connectivity index (χ2n) is 19.5. The van der Waals surface area contributed by atoms with Gasteiger partial charge >= 0.3 is 0 Å². The molecule has 1 aliphatic rings. The minimum atomic E-state index is -2.15. The summed E-state index contributed by atoms with van der Waals surface area (Å²) in [4.78, 5) is 9.09. The van der Waals surface area contributed by atoms with Crippen molar-refractivity contribution in [3.63, 3.8) is 0 Å². The average molecular weight is 1090 g/mol. The molecule has 0 aliphatic heterocycles. The number of furan rings is 1. The molecule has 0 saturated heterocycles. The zero-order chi connectivity index (χ0) is 50.5. The molecule has 3 aromatic heterocycles. The van der Waals surface area contributed by atoms with Crippen LogP contribution in [0.25, 0.3) is 89.1 Å². The number of nitrogens with zero attached hydrogens (tertiary/aromatic N) is 2. The van der Waals surface area contributed by atoms with Crippen LogP contribution in [-0.4, -0.2) is 9.97 Å². The van der Waals surface area contributed by atoms with Gasteiger partial charge in [0.25, 0.3) is 0 Å². The Morgan fingerprint density at radius 3 is 2.10 bits per heavy atom. The van der Waals surface area contributed by atoms with Gasteiger partial charge in [-0.2, -0.15) is 0 Å². The third kappa shape index (κ3) is 9.89. The molecule has 11 rings (SSSR count). The van der Waals surface area contributed by atoms with Crippen LogP contribution >= 0.6 is 0 Å². The van der Waals surface area contributed by atoms with E-state index in [4.69, 9.17) is 17.9 Å². The van der Waals surface area contributed by atoms with Gasteiger partial charge in [-0.3, -0.25) is 9.37 Å². The molecule has 1 fully saturated rings. The predicted molar refractivity (Wildman–Crippen MR) is 278 cm³/mol. The standard InChI is InChI=1S/C51H48NO2.C12H9FN.Ir/c1-31(2)43-28-38(35-20-18-34(19-21-35)36-24-26-51(5,6)27-25-36)29-44(32(3)4)47(43)41-15-11-17-45-49(41)54-50(52-45)42-16-10-14-40-39-23-22-37(30-46(39)53-48(40)42)33-12-8-7-9-13-33;1-9-2-7-12(14-8-9)10-3-5-11(13)6-4-10;/h7-15,17-23,28-32,36H,24-27H2,1-6H3;2-3,5-8H,1H3;/q2*-1;/i36D;1D3;. The molecule has 1 aliphatic carbocycles. The Balaban J connectivity index is 0.000000310. The van der Waals surface area contributed by atoms with Gasteiger partial charge in [-0.05, 0) is 129 Å². The van der Waals surface area contributed by atoms with E-state index in [1.807, 2.05) is 18.2 Å². The van der Waals surface area contributed by atoms with E-state index in [-0.39, 0.29) is 43.3 Å². The maximum atomic E-state index is 12.7. The van der Waals surface area contributed by atoms with Crippen molar-refractivity contribution in [1.82, 2.24) is 9.97 Å². The van der Waals surface area contributed by atoms with Crippen LogP contribution < -0.4 is 0 Å². The van der Waals surface area contributed by atoms with Gasteiger partial charge in [-0.15, -0.1) is 48.0 Å². The van der Waals surface area contributed by atoms with E-state index < -0.39 is 12.7 Å².